The number of pyridine rings is 1. The molecule has 0 radical (unpaired) electrons. The Morgan fingerprint density at radius 1 is 1.13 bits per heavy atom. The zero-order valence-corrected chi connectivity index (χ0v) is 13.3. The summed E-state index contributed by atoms with van der Waals surface area (Å²) in [5, 5.41) is 6.86. The van der Waals surface area contributed by atoms with Crippen LogP contribution in [0.5, 0.6) is 0 Å². The Balaban J connectivity index is 1.80. The summed E-state index contributed by atoms with van der Waals surface area (Å²) in [6.07, 6.45) is 4.70. The molecule has 0 saturated heterocycles. The fraction of sp³-hybridized carbons (Fsp3) is 0.0667. The first-order chi connectivity index (χ1) is 11.1. The van der Waals surface area contributed by atoms with E-state index in [0.29, 0.717) is 10.6 Å². The molecular formula is C15H12Cl2N4O2. The Labute approximate surface area is 142 Å². The van der Waals surface area contributed by atoms with Crippen molar-refractivity contribution < 1.29 is 9.59 Å². The van der Waals surface area contributed by atoms with Gasteiger partial charge in [0.25, 0.3) is 11.8 Å². The van der Waals surface area contributed by atoms with E-state index in [1.54, 1.807) is 24.5 Å². The molecule has 0 aliphatic heterocycles. The second-order valence-corrected chi connectivity index (χ2v) is 5.20. The topological polar surface area (TPSA) is 83.5 Å². The fourth-order valence-corrected chi connectivity index (χ4v) is 1.87. The lowest BCUT2D eigenvalue weighted by atomic mass is 10.2. The molecule has 0 bridgehead atoms. The van der Waals surface area contributed by atoms with Gasteiger partial charge in [-0.3, -0.25) is 14.6 Å². The monoisotopic (exact) mass is 350 g/mol. The van der Waals surface area contributed by atoms with Gasteiger partial charge in [-0.05, 0) is 35.9 Å². The molecule has 0 aliphatic rings. The van der Waals surface area contributed by atoms with Crippen molar-refractivity contribution in [1.82, 2.24) is 15.7 Å². The maximum Gasteiger partial charge on any atom is 0.259 e. The molecule has 0 unspecified atom stereocenters. The van der Waals surface area contributed by atoms with Crippen molar-refractivity contribution in [3.63, 3.8) is 0 Å². The van der Waals surface area contributed by atoms with Gasteiger partial charge < -0.3 is 5.32 Å². The first-order valence-corrected chi connectivity index (χ1v) is 7.27. The van der Waals surface area contributed by atoms with Gasteiger partial charge in [0.05, 0.1) is 22.8 Å². The Morgan fingerprint density at radius 2 is 1.87 bits per heavy atom. The smallest absolute Gasteiger partial charge is 0.259 e. The lowest BCUT2D eigenvalue weighted by Crippen LogP contribution is -2.34. The van der Waals surface area contributed by atoms with Crippen molar-refractivity contribution in [1.29, 1.82) is 0 Å². The molecule has 1 heterocycles. The van der Waals surface area contributed by atoms with Crippen molar-refractivity contribution in [3.05, 3.63) is 63.9 Å². The molecule has 118 valence electrons. The molecule has 23 heavy (non-hydrogen) atoms. The highest BCUT2D eigenvalue weighted by Gasteiger charge is 2.09. The minimum Gasteiger partial charge on any atom is -0.343 e. The first-order valence-electron chi connectivity index (χ1n) is 6.51. The van der Waals surface area contributed by atoms with E-state index in [1.165, 1.54) is 24.4 Å². The Morgan fingerprint density at radius 3 is 2.57 bits per heavy atom. The Kier molecular flexibility index (Phi) is 6.08. The van der Waals surface area contributed by atoms with Crippen molar-refractivity contribution in [2.75, 3.05) is 6.54 Å². The lowest BCUT2D eigenvalue weighted by molar-refractivity contribution is -0.120. The standard InChI is InChI=1S/C15H12Cl2N4O2/c16-12-2-1-11(7-13(12)17)15(23)19-9-14(22)21-20-8-10-3-5-18-6-4-10/h1-8H,9H2,(H,19,23)(H,21,22)/b20-8-. The van der Waals surface area contributed by atoms with Crippen LogP contribution < -0.4 is 10.7 Å². The third kappa shape index (κ3) is 5.36. The van der Waals surface area contributed by atoms with Gasteiger partial charge in [0.15, 0.2) is 0 Å². The maximum atomic E-state index is 11.9. The molecule has 2 amide bonds. The van der Waals surface area contributed by atoms with Crippen LogP contribution in [0.1, 0.15) is 15.9 Å². The average Bonchev–Trinajstić information content (AvgIpc) is 2.56. The van der Waals surface area contributed by atoms with Crippen LogP contribution in [0.2, 0.25) is 10.0 Å². The molecule has 6 nitrogen and oxygen atoms in total. The van der Waals surface area contributed by atoms with Crippen molar-refractivity contribution in [3.8, 4) is 0 Å². The molecule has 2 N–H and O–H groups in total. The zero-order valence-electron chi connectivity index (χ0n) is 11.8. The van der Waals surface area contributed by atoms with Gasteiger partial charge in [0, 0.05) is 18.0 Å². The van der Waals surface area contributed by atoms with Gasteiger partial charge in [-0.15, -0.1) is 0 Å². The number of rotatable bonds is 5. The number of carbonyl (C=O) groups is 2. The summed E-state index contributed by atoms with van der Waals surface area (Å²) in [6, 6.07) is 7.93. The van der Waals surface area contributed by atoms with E-state index >= 15 is 0 Å². The second-order valence-electron chi connectivity index (χ2n) is 4.39. The van der Waals surface area contributed by atoms with E-state index in [9.17, 15) is 9.59 Å². The largest absolute Gasteiger partial charge is 0.343 e. The molecule has 0 spiro atoms. The van der Waals surface area contributed by atoms with E-state index in [0.717, 1.165) is 5.56 Å². The van der Waals surface area contributed by atoms with Crippen LogP contribution in [0.3, 0.4) is 0 Å². The maximum absolute atomic E-state index is 11.9. The predicted molar refractivity (Wildman–Crippen MR) is 88.8 cm³/mol. The lowest BCUT2D eigenvalue weighted by Gasteiger charge is -2.05. The molecule has 0 fully saturated rings. The summed E-state index contributed by atoms with van der Waals surface area (Å²) in [6.45, 7) is -0.216. The van der Waals surface area contributed by atoms with Crippen LogP contribution in [0.25, 0.3) is 0 Å². The Bertz CT molecular complexity index is 736. The number of nitrogens with one attached hydrogen (secondary N) is 2. The zero-order chi connectivity index (χ0) is 16.7. The van der Waals surface area contributed by atoms with Crippen LogP contribution in [0.15, 0.2) is 47.8 Å². The van der Waals surface area contributed by atoms with Crippen molar-refractivity contribution in [2.45, 2.75) is 0 Å². The molecule has 2 rings (SSSR count). The fourth-order valence-electron chi connectivity index (χ4n) is 1.57. The molecule has 1 aromatic heterocycles. The van der Waals surface area contributed by atoms with E-state index < -0.39 is 11.8 Å². The molecule has 0 atom stereocenters. The van der Waals surface area contributed by atoms with Crippen LogP contribution in [-0.2, 0) is 4.79 Å². The molecule has 2 aromatic rings. The highest BCUT2D eigenvalue weighted by Crippen LogP contribution is 2.22. The number of nitrogens with zero attached hydrogens (tertiary/aromatic N) is 2. The van der Waals surface area contributed by atoms with E-state index in [4.69, 9.17) is 23.2 Å². The highest BCUT2D eigenvalue weighted by molar-refractivity contribution is 6.42. The Hall–Kier alpha value is -2.44. The quantitative estimate of drug-likeness (QED) is 0.640. The van der Waals surface area contributed by atoms with Gasteiger partial charge in [-0.25, -0.2) is 5.43 Å². The third-order valence-electron chi connectivity index (χ3n) is 2.70. The summed E-state index contributed by atoms with van der Waals surface area (Å²) in [5.41, 5.74) is 3.41. The number of amides is 2. The van der Waals surface area contributed by atoms with Gasteiger partial charge in [-0.2, -0.15) is 5.10 Å². The molecule has 0 aliphatic carbocycles. The number of halogens is 2. The predicted octanol–water partition coefficient (Wildman–Crippen LogP) is 2.27. The average molecular weight is 351 g/mol. The number of aromatic nitrogens is 1. The minimum atomic E-state index is -0.455. The summed E-state index contributed by atoms with van der Waals surface area (Å²) in [7, 11) is 0. The third-order valence-corrected chi connectivity index (χ3v) is 3.44. The van der Waals surface area contributed by atoms with Crippen molar-refractivity contribution in [2.24, 2.45) is 5.10 Å². The summed E-state index contributed by atoms with van der Waals surface area (Å²) >= 11 is 11.6. The summed E-state index contributed by atoms with van der Waals surface area (Å²) in [5.74, 6) is -0.888. The number of hydrazone groups is 1. The highest BCUT2D eigenvalue weighted by atomic mass is 35.5. The van der Waals surface area contributed by atoms with Gasteiger partial charge in [-0.1, -0.05) is 23.2 Å². The van der Waals surface area contributed by atoms with Crippen LogP contribution in [0.4, 0.5) is 0 Å². The van der Waals surface area contributed by atoms with E-state index in [1.807, 2.05) is 0 Å². The molecule has 8 heteroatoms. The normalized spacial score (nSPS) is 10.5. The summed E-state index contributed by atoms with van der Waals surface area (Å²) < 4.78 is 0. The summed E-state index contributed by atoms with van der Waals surface area (Å²) in [4.78, 5) is 27.3. The van der Waals surface area contributed by atoms with Crippen LogP contribution in [0, 0.1) is 0 Å². The number of carbonyl (C=O) groups excluding carboxylic acids is 2. The molecular weight excluding hydrogens is 339 g/mol. The molecule has 1 aromatic carbocycles. The van der Waals surface area contributed by atoms with Gasteiger partial charge >= 0.3 is 0 Å². The molecule has 0 saturated carbocycles. The number of hydrogen-bond donors (Lipinski definition) is 2. The van der Waals surface area contributed by atoms with E-state index in [-0.39, 0.29) is 11.6 Å². The number of hydrogen-bond acceptors (Lipinski definition) is 4. The van der Waals surface area contributed by atoms with Gasteiger partial charge in [0.1, 0.15) is 0 Å². The second kappa shape index (κ2) is 8.26. The minimum absolute atomic E-state index is 0.216. The van der Waals surface area contributed by atoms with Crippen molar-refractivity contribution >= 4 is 41.2 Å². The SMILES string of the molecule is O=C(CNC(=O)c1ccc(Cl)c(Cl)c1)N/N=C\c1ccncc1. The van der Waals surface area contributed by atoms with Crippen LogP contribution in [-0.4, -0.2) is 29.6 Å². The van der Waals surface area contributed by atoms with Gasteiger partial charge in [0.2, 0.25) is 0 Å². The number of benzene rings is 1. The first kappa shape index (κ1) is 16.9. The van der Waals surface area contributed by atoms with Crippen LogP contribution >= 0.6 is 23.2 Å². The van der Waals surface area contributed by atoms with E-state index in [2.05, 4.69) is 20.8 Å².